The van der Waals surface area contributed by atoms with Gasteiger partial charge in [0, 0.05) is 13.6 Å². The largest absolute Gasteiger partial charge is 0.481 e. The van der Waals surface area contributed by atoms with Gasteiger partial charge in [0.05, 0.1) is 22.9 Å². The Morgan fingerprint density at radius 2 is 2.23 bits per heavy atom. The van der Waals surface area contributed by atoms with E-state index in [9.17, 15) is 9.59 Å². The first-order chi connectivity index (χ1) is 10.4. The summed E-state index contributed by atoms with van der Waals surface area (Å²) in [6.07, 6.45) is 0.101. The van der Waals surface area contributed by atoms with Crippen molar-refractivity contribution in [2.75, 3.05) is 13.6 Å². The number of rotatable bonds is 6. The van der Waals surface area contributed by atoms with E-state index in [0.717, 1.165) is 4.88 Å². The summed E-state index contributed by atoms with van der Waals surface area (Å²) in [7, 11) is 1.59. The van der Waals surface area contributed by atoms with Gasteiger partial charge in [-0.1, -0.05) is 13.0 Å². The maximum atomic E-state index is 12.2. The van der Waals surface area contributed by atoms with Crippen molar-refractivity contribution in [3.8, 4) is 10.8 Å². The fourth-order valence-electron chi connectivity index (χ4n) is 1.97. The molecule has 6 nitrogen and oxygen atoms in total. The number of hydrogen-bond acceptors (Lipinski definition) is 5. The van der Waals surface area contributed by atoms with Crippen LogP contribution in [-0.2, 0) is 16.0 Å². The smallest absolute Gasteiger partial charge is 0.308 e. The molecule has 2 aromatic rings. The van der Waals surface area contributed by atoms with Crippen molar-refractivity contribution >= 4 is 23.2 Å². The summed E-state index contributed by atoms with van der Waals surface area (Å²) < 4.78 is 5.59. The molecule has 0 fully saturated rings. The predicted molar refractivity (Wildman–Crippen MR) is 82.7 cm³/mol. The zero-order valence-corrected chi connectivity index (χ0v) is 13.5. The number of amides is 1. The Kier molecular flexibility index (Phi) is 4.97. The molecular formula is C15H18N2O4S. The van der Waals surface area contributed by atoms with Crippen molar-refractivity contribution in [2.45, 2.75) is 20.3 Å². The minimum atomic E-state index is -0.919. The fraction of sp³-hybridized carbons (Fsp3) is 0.400. The predicted octanol–water partition coefficient (Wildman–Crippen LogP) is 2.43. The molecule has 0 bridgehead atoms. The van der Waals surface area contributed by atoms with Gasteiger partial charge in [-0.2, -0.15) is 0 Å². The average Bonchev–Trinajstić information content (AvgIpc) is 3.09. The molecule has 0 saturated heterocycles. The van der Waals surface area contributed by atoms with Gasteiger partial charge in [0.25, 0.3) is 0 Å². The van der Waals surface area contributed by atoms with Crippen molar-refractivity contribution in [3.63, 3.8) is 0 Å². The van der Waals surface area contributed by atoms with Crippen LogP contribution < -0.4 is 0 Å². The summed E-state index contributed by atoms with van der Waals surface area (Å²) in [6.45, 7) is 3.51. The van der Waals surface area contributed by atoms with E-state index < -0.39 is 11.9 Å². The Bertz CT molecular complexity index is 663. The van der Waals surface area contributed by atoms with Gasteiger partial charge in [-0.25, -0.2) is 4.98 Å². The molecule has 118 valence electrons. The van der Waals surface area contributed by atoms with Gasteiger partial charge in [0.15, 0.2) is 0 Å². The number of aromatic nitrogens is 1. The molecule has 7 heteroatoms. The SMILES string of the molecule is Cc1oc(-c2cccs2)nc1CC(=O)N(C)CC(C)C(=O)O. The van der Waals surface area contributed by atoms with Crippen LogP contribution in [0.25, 0.3) is 10.8 Å². The van der Waals surface area contributed by atoms with Crippen molar-refractivity contribution < 1.29 is 19.1 Å². The molecule has 1 unspecified atom stereocenters. The van der Waals surface area contributed by atoms with Gasteiger partial charge in [-0.05, 0) is 18.4 Å². The minimum absolute atomic E-state index is 0.101. The van der Waals surface area contributed by atoms with E-state index in [1.165, 1.54) is 16.2 Å². The van der Waals surface area contributed by atoms with Crippen LogP contribution in [0, 0.1) is 12.8 Å². The summed E-state index contributed by atoms with van der Waals surface area (Å²) in [6, 6.07) is 3.81. The Hall–Kier alpha value is -2.15. The Morgan fingerprint density at radius 3 is 2.82 bits per heavy atom. The quantitative estimate of drug-likeness (QED) is 0.883. The Morgan fingerprint density at radius 1 is 1.50 bits per heavy atom. The number of aliphatic carboxylic acids is 1. The van der Waals surface area contributed by atoms with Crippen molar-refractivity contribution in [1.29, 1.82) is 0 Å². The number of likely N-dealkylation sites (N-methyl/N-ethyl adjacent to an activating group) is 1. The third kappa shape index (κ3) is 3.73. The zero-order chi connectivity index (χ0) is 16.3. The van der Waals surface area contributed by atoms with Gasteiger partial charge in [0.2, 0.25) is 11.8 Å². The maximum Gasteiger partial charge on any atom is 0.308 e. The summed E-state index contributed by atoms with van der Waals surface area (Å²) in [5, 5.41) is 10.8. The van der Waals surface area contributed by atoms with E-state index in [-0.39, 0.29) is 18.9 Å². The summed E-state index contributed by atoms with van der Waals surface area (Å²) in [4.78, 5) is 29.7. The average molecular weight is 322 g/mol. The monoisotopic (exact) mass is 322 g/mol. The van der Waals surface area contributed by atoms with E-state index in [1.807, 2.05) is 17.5 Å². The Labute approximate surface area is 132 Å². The summed E-state index contributed by atoms with van der Waals surface area (Å²) >= 11 is 1.52. The molecule has 2 rings (SSSR count). The molecule has 2 heterocycles. The highest BCUT2D eigenvalue weighted by Crippen LogP contribution is 2.26. The molecular weight excluding hydrogens is 304 g/mol. The third-order valence-electron chi connectivity index (χ3n) is 3.34. The van der Waals surface area contributed by atoms with Gasteiger partial charge >= 0.3 is 5.97 Å². The first kappa shape index (κ1) is 16.2. The fourth-order valence-corrected chi connectivity index (χ4v) is 2.62. The maximum absolute atomic E-state index is 12.2. The second kappa shape index (κ2) is 6.74. The lowest BCUT2D eigenvalue weighted by Gasteiger charge is -2.18. The first-order valence-electron chi connectivity index (χ1n) is 6.85. The van der Waals surface area contributed by atoms with Crippen LogP contribution >= 0.6 is 11.3 Å². The van der Waals surface area contributed by atoms with Crippen molar-refractivity contribution in [1.82, 2.24) is 9.88 Å². The molecule has 0 aliphatic heterocycles. The highest BCUT2D eigenvalue weighted by Gasteiger charge is 2.20. The van der Waals surface area contributed by atoms with E-state index in [1.54, 1.807) is 20.9 Å². The molecule has 1 N–H and O–H groups in total. The third-order valence-corrected chi connectivity index (χ3v) is 4.20. The van der Waals surface area contributed by atoms with Crippen molar-refractivity contribution in [3.05, 3.63) is 29.0 Å². The lowest BCUT2D eigenvalue weighted by Crippen LogP contribution is -2.34. The second-order valence-electron chi connectivity index (χ2n) is 5.19. The lowest BCUT2D eigenvalue weighted by atomic mass is 10.1. The highest BCUT2D eigenvalue weighted by molar-refractivity contribution is 7.13. The number of hydrogen-bond donors (Lipinski definition) is 1. The number of carboxylic acid groups (broad SMARTS) is 1. The van der Waals surface area contributed by atoms with Gasteiger partial charge in [-0.15, -0.1) is 11.3 Å². The van der Waals surface area contributed by atoms with Crippen LogP contribution in [0.3, 0.4) is 0 Å². The van der Waals surface area contributed by atoms with E-state index in [4.69, 9.17) is 9.52 Å². The van der Waals surface area contributed by atoms with Crippen LogP contribution in [0.15, 0.2) is 21.9 Å². The summed E-state index contributed by atoms with van der Waals surface area (Å²) in [5.74, 6) is -0.582. The molecule has 2 aromatic heterocycles. The van der Waals surface area contributed by atoms with Gasteiger partial charge in [-0.3, -0.25) is 9.59 Å². The van der Waals surface area contributed by atoms with Crippen LogP contribution in [-0.4, -0.2) is 40.5 Å². The topological polar surface area (TPSA) is 83.6 Å². The number of carbonyl (C=O) groups is 2. The number of nitrogens with zero attached hydrogens (tertiary/aromatic N) is 2. The van der Waals surface area contributed by atoms with E-state index >= 15 is 0 Å². The Balaban J connectivity index is 2.04. The number of carbonyl (C=O) groups excluding carboxylic acids is 1. The zero-order valence-electron chi connectivity index (χ0n) is 12.7. The number of carboxylic acids is 1. The molecule has 22 heavy (non-hydrogen) atoms. The minimum Gasteiger partial charge on any atom is -0.481 e. The molecule has 0 spiro atoms. The van der Waals surface area contributed by atoms with Gasteiger partial charge < -0.3 is 14.4 Å². The van der Waals surface area contributed by atoms with Gasteiger partial charge in [0.1, 0.15) is 5.76 Å². The summed E-state index contributed by atoms with van der Waals surface area (Å²) in [5.41, 5.74) is 0.586. The van der Waals surface area contributed by atoms with Crippen molar-refractivity contribution in [2.24, 2.45) is 5.92 Å². The molecule has 0 aliphatic carbocycles. The van der Waals surface area contributed by atoms with Crippen LogP contribution in [0.5, 0.6) is 0 Å². The van der Waals surface area contributed by atoms with E-state index in [0.29, 0.717) is 17.3 Å². The molecule has 1 atom stereocenters. The normalized spacial score (nSPS) is 12.1. The molecule has 0 radical (unpaired) electrons. The number of oxazole rings is 1. The highest BCUT2D eigenvalue weighted by atomic mass is 32.1. The standard InChI is InChI=1S/C15H18N2O4S/c1-9(15(19)20)8-17(3)13(18)7-11-10(2)21-14(16-11)12-5-4-6-22-12/h4-6,9H,7-8H2,1-3H3,(H,19,20). The second-order valence-corrected chi connectivity index (χ2v) is 6.14. The number of thiophene rings is 1. The van der Waals surface area contributed by atoms with Crippen LogP contribution in [0.4, 0.5) is 0 Å². The van der Waals surface area contributed by atoms with E-state index in [2.05, 4.69) is 4.98 Å². The molecule has 0 aromatic carbocycles. The molecule has 0 saturated carbocycles. The first-order valence-corrected chi connectivity index (χ1v) is 7.73. The number of aryl methyl sites for hydroxylation is 1. The molecule has 0 aliphatic rings. The lowest BCUT2D eigenvalue weighted by molar-refractivity contribution is -0.142. The molecule has 1 amide bonds. The van der Waals surface area contributed by atoms with Crippen LogP contribution in [0.1, 0.15) is 18.4 Å². The van der Waals surface area contributed by atoms with Crippen LogP contribution in [0.2, 0.25) is 0 Å².